The van der Waals surface area contributed by atoms with Crippen LogP contribution in [0.15, 0.2) is 24.3 Å². The van der Waals surface area contributed by atoms with Crippen molar-refractivity contribution >= 4 is 5.97 Å². The van der Waals surface area contributed by atoms with E-state index in [1.54, 1.807) is 0 Å². The van der Waals surface area contributed by atoms with Crippen molar-refractivity contribution in [2.24, 2.45) is 5.92 Å². The van der Waals surface area contributed by atoms with Crippen molar-refractivity contribution < 1.29 is 19.4 Å². The van der Waals surface area contributed by atoms with E-state index in [-0.39, 0.29) is 18.7 Å². The molecule has 0 unspecified atom stereocenters. The molecule has 1 aliphatic carbocycles. The van der Waals surface area contributed by atoms with Gasteiger partial charge in [-0.1, -0.05) is 12.1 Å². The van der Waals surface area contributed by atoms with E-state index in [9.17, 15) is 9.90 Å². The molecule has 0 bridgehead atoms. The van der Waals surface area contributed by atoms with Crippen LogP contribution >= 0.6 is 0 Å². The highest BCUT2D eigenvalue weighted by Crippen LogP contribution is 2.34. The predicted molar refractivity (Wildman–Crippen MR) is 81.5 cm³/mol. The number of benzene rings is 1. The van der Waals surface area contributed by atoms with E-state index in [1.165, 1.54) is 12.7 Å². The topological polar surface area (TPSA) is 59.0 Å². The molecular formula is C17H23NO4. The lowest BCUT2D eigenvalue weighted by molar-refractivity contribution is -0.0590. The number of rotatable bonds is 4. The highest BCUT2D eigenvalue weighted by Gasteiger charge is 2.40. The van der Waals surface area contributed by atoms with E-state index in [0.717, 1.165) is 32.5 Å². The summed E-state index contributed by atoms with van der Waals surface area (Å²) in [4.78, 5) is 13.9. The summed E-state index contributed by atoms with van der Waals surface area (Å²) in [5.74, 6) is 0.0527. The number of esters is 1. The Balaban J connectivity index is 1.66. The van der Waals surface area contributed by atoms with Crippen LogP contribution in [-0.2, 0) is 16.0 Å². The molecule has 5 heteroatoms. The number of carbonyl (C=O) groups excluding carboxylic acids is 1. The monoisotopic (exact) mass is 305 g/mol. The number of aliphatic hydroxyl groups is 1. The van der Waals surface area contributed by atoms with Crippen LogP contribution in [0.4, 0.5) is 0 Å². The van der Waals surface area contributed by atoms with Crippen molar-refractivity contribution in [3.63, 3.8) is 0 Å². The van der Waals surface area contributed by atoms with Crippen LogP contribution in [0, 0.1) is 5.92 Å². The fraction of sp³-hybridized carbons (Fsp3) is 0.588. The average Bonchev–Trinajstić information content (AvgIpc) is 2.99. The Bertz CT molecular complexity index is 516. The Labute approximate surface area is 130 Å². The minimum absolute atomic E-state index is 0.248. The zero-order valence-electron chi connectivity index (χ0n) is 12.9. The maximum absolute atomic E-state index is 11.5. The van der Waals surface area contributed by atoms with Gasteiger partial charge >= 0.3 is 5.97 Å². The highest BCUT2D eigenvalue weighted by atomic mass is 16.5. The van der Waals surface area contributed by atoms with Crippen LogP contribution in [0.2, 0.25) is 0 Å². The van der Waals surface area contributed by atoms with Crippen molar-refractivity contribution in [1.29, 1.82) is 0 Å². The maximum Gasteiger partial charge on any atom is 0.337 e. The third kappa shape index (κ3) is 3.16. The van der Waals surface area contributed by atoms with Gasteiger partial charge < -0.3 is 14.6 Å². The number of hydrogen-bond acceptors (Lipinski definition) is 5. The summed E-state index contributed by atoms with van der Waals surface area (Å²) in [6.45, 7) is 2.76. The molecule has 120 valence electrons. The quantitative estimate of drug-likeness (QED) is 0.853. The Hall–Kier alpha value is -1.43. The smallest absolute Gasteiger partial charge is 0.337 e. The Morgan fingerprint density at radius 1 is 1.36 bits per heavy atom. The van der Waals surface area contributed by atoms with E-state index in [0.29, 0.717) is 17.5 Å². The standard InChI is InChI=1S/C17H23NO4/c1-21-17(20)14-4-2-12(3-5-14)10-18-6-7-22-16-9-13(11-19)8-15(16)18/h2-5,13,15-16,19H,6-11H2,1H3/t13-,15+,16+/m1/s1. The summed E-state index contributed by atoms with van der Waals surface area (Å²) in [7, 11) is 1.39. The molecule has 2 fully saturated rings. The minimum Gasteiger partial charge on any atom is -0.465 e. The summed E-state index contributed by atoms with van der Waals surface area (Å²) in [5, 5.41) is 9.38. The van der Waals surface area contributed by atoms with Crippen LogP contribution in [0.25, 0.3) is 0 Å². The van der Waals surface area contributed by atoms with E-state index >= 15 is 0 Å². The van der Waals surface area contributed by atoms with Gasteiger partial charge in [0.15, 0.2) is 0 Å². The molecule has 1 aromatic rings. The van der Waals surface area contributed by atoms with Crippen LogP contribution in [0.5, 0.6) is 0 Å². The molecule has 1 aliphatic heterocycles. The van der Waals surface area contributed by atoms with E-state index in [2.05, 4.69) is 4.90 Å². The van der Waals surface area contributed by atoms with Crippen molar-refractivity contribution in [3.8, 4) is 0 Å². The Morgan fingerprint density at radius 2 is 2.14 bits per heavy atom. The molecule has 0 aromatic heterocycles. The second kappa shape index (κ2) is 6.77. The third-order valence-corrected chi connectivity index (χ3v) is 4.77. The first-order valence-electron chi connectivity index (χ1n) is 7.85. The van der Waals surface area contributed by atoms with Crippen molar-refractivity contribution in [3.05, 3.63) is 35.4 Å². The number of aliphatic hydroxyl groups excluding tert-OH is 1. The largest absolute Gasteiger partial charge is 0.465 e. The third-order valence-electron chi connectivity index (χ3n) is 4.77. The first-order valence-corrected chi connectivity index (χ1v) is 7.85. The molecule has 1 saturated carbocycles. The van der Waals surface area contributed by atoms with E-state index < -0.39 is 0 Å². The number of hydrogen-bond donors (Lipinski definition) is 1. The van der Waals surface area contributed by atoms with Crippen LogP contribution in [-0.4, -0.2) is 55.0 Å². The van der Waals surface area contributed by atoms with Gasteiger partial charge in [-0.3, -0.25) is 4.90 Å². The van der Waals surface area contributed by atoms with Crippen LogP contribution < -0.4 is 0 Å². The summed E-state index contributed by atoms with van der Waals surface area (Å²) in [5.41, 5.74) is 1.76. The van der Waals surface area contributed by atoms with Gasteiger partial charge in [-0.25, -0.2) is 4.79 Å². The van der Waals surface area contributed by atoms with Crippen LogP contribution in [0.1, 0.15) is 28.8 Å². The molecule has 22 heavy (non-hydrogen) atoms. The normalized spacial score (nSPS) is 28.4. The lowest BCUT2D eigenvalue weighted by atomic mass is 10.1. The molecule has 0 radical (unpaired) electrons. The first kappa shape index (κ1) is 15.5. The molecule has 1 saturated heterocycles. The summed E-state index contributed by atoms with van der Waals surface area (Å²) in [6, 6.07) is 7.98. The van der Waals surface area contributed by atoms with E-state index in [4.69, 9.17) is 9.47 Å². The second-order valence-electron chi connectivity index (χ2n) is 6.16. The Morgan fingerprint density at radius 3 is 2.82 bits per heavy atom. The average molecular weight is 305 g/mol. The minimum atomic E-state index is -0.306. The molecule has 0 amide bonds. The number of morpholine rings is 1. The SMILES string of the molecule is COC(=O)c1ccc(CN2CCO[C@H]3C[C@H](CO)C[C@@H]32)cc1. The van der Waals surface area contributed by atoms with E-state index in [1.807, 2.05) is 24.3 Å². The molecular weight excluding hydrogens is 282 g/mol. The molecule has 1 aromatic carbocycles. The summed E-state index contributed by atoms with van der Waals surface area (Å²) < 4.78 is 10.6. The van der Waals surface area contributed by atoms with Crippen molar-refractivity contribution in [2.75, 3.05) is 26.9 Å². The maximum atomic E-state index is 11.5. The van der Waals surface area contributed by atoms with Gasteiger partial charge in [0.05, 0.1) is 25.4 Å². The first-order chi connectivity index (χ1) is 10.7. The number of fused-ring (bicyclic) bond motifs is 1. The Kier molecular flexibility index (Phi) is 4.76. The molecule has 5 nitrogen and oxygen atoms in total. The van der Waals surface area contributed by atoms with Crippen molar-refractivity contribution in [1.82, 2.24) is 4.90 Å². The van der Waals surface area contributed by atoms with Gasteiger partial charge in [0.2, 0.25) is 0 Å². The second-order valence-corrected chi connectivity index (χ2v) is 6.16. The lowest BCUT2D eigenvalue weighted by Crippen LogP contribution is -2.47. The molecule has 1 N–H and O–H groups in total. The lowest BCUT2D eigenvalue weighted by Gasteiger charge is -2.37. The highest BCUT2D eigenvalue weighted by molar-refractivity contribution is 5.89. The molecule has 2 aliphatic rings. The molecule has 1 heterocycles. The van der Waals surface area contributed by atoms with Crippen LogP contribution in [0.3, 0.4) is 0 Å². The number of nitrogens with zero attached hydrogens (tertiary/aromatic N) is 1. The molecule has 0 spiro atoms. The zero-order chi connectivity index (χ0) is 15.5. The predicted octanol–water partition coefficient (Wildman–Crippen LogP) is 1.44. The number of ether oxygens (including phenoxy) is 2. The van der Waals surface area contributed by atoms with Gasteiger partial charge in [-0.05, 0) is 36.5 Å². The number of methoxy groups -OCH3 is 1. The number of carbonyl (C=O) groups is 1. The zero-order valence-corrected chi connectivity index (χ0v) is 12.9. The molecule has 3 atom stereocenters. The summed E-state index contributed by atoms with van der Waals surface area (Å²) >= 11 is 0. The van der Waals surface area contributed by atoms with Gasteiger partial charge in [-0.2, -0.15) is 0 Å². The van der Waals surface area contributed by atoms with Gasteiger partial charge in [0.25, 0.3) is 0 Å². The van der Waals surface area contributed by atoms with Crippen molar-refractivity contribution in [2.45, 2.75) is 31.5 Å². The summed E-state index contributed by atoms with van der Waals surface area (Å²) in [6.07, 6.45) is 2.21. The van der Waals surface area contributed by atoms with Gasteiger partial charge in [0.1, 0.15) is 0 Å². The van der Waals surface area contributed by atoms with Gasteiger partial charge in [0, 0.05) is 25.7 Å². The fourth-order valence-corrected chi connectivity index (χ4v) is 3.57. The molecule has 3 rings (SSSR count). The van der Waals surface area contributed by atoms with Gasteiger partial charge in [-0.15, -0.1) is 0 Å². The fourth-order valence-electron chi connectivity index (χ4n) is 3.57.